The van der Waals surface area contributed by atoms with Crippen molar-refractivity contribution in [3.8, 4) is 16.9 Å². The second kappa shape index (κ2) is 6.06. The van der Waals surface area contributed by atoms with Crippen molar-refractivity contribution in [2.45, 2.75) is 37.8 Å². The maximum absolute atomic E-state index is 6.02. The summed E-state index contributed by atoms with van der Waals surface area (Å²) in [6.07, 6.45) is 8.29. The summed E-state index contributed by atoms with van der Waals surface area (Å²) < 4.78 is 6.02. The molecular weight excluding hydrogens is 248 g/mol. The van der Waals surface area contributed by atoms with E-state index in [-0.39, 0.29) is 6.10 Å². The molecule has 20 heavy (non-hydrogen) atoms. The highest BCUT2D eigenvalue weighted by Crippen LogP contribution is 2.25. The number of benzene rings is 1. The largest absolute Gasteiger partial charge is 0.490 e. The molecule has 0 bridgehead atoms. The molecule has 1 saturated carbocycles. The van der Waals surface area contributed by atoms with Crippen molar-refractivity contribution in [3.05, 3.63) is 48.8 Å². The zero-order valence-corrected chi connectivity index (χ0v) is 11.5. The molecule has 1 aliphatic rings. The number of nitrogens with zero attached hydrogens (tertiary/aromatic N) is 1. The number of pyridine rings is 1. The fourth-order valence-electron chi connectivity index (χ4n) is 2.74. The highest BCUT2D eigenvalue weighted by molar-refractivity contribution is 5.62. The van der Waals surface area contributed by atoms with Crippen LogP contribution in [0, 0.1) is 0 Å². The molecule has 0 aliphatic heterocycles. The van der Waals surface area contributed by atoms with Gasteiger partial charge in [-0.3, -0.25) is 4.98 Å². The molecule has 2 atom stereocenters. The zero-order valence-electron chi connectivity index (χ0n) is 11.5. The van der Waals surface area contributed by atoms with Crippen LogP contribution in [-0.4, -0.2) is 17.1 Å². The Morgan fingerprint density at radius 2 is 1.90 bits per heavy atom. The lowest BCUT2D eigenvalue weighted by molar-refractivity contribution is 0.144. The van der Waals surface area contributed by atoms with Crippen LogP contribution >= 0.6 is 0 Å². The van der Waals surface area contributed by atoms with Gasteiger partial charge in [0.25, 0.3) is 0 Å². The molecule has 104 valence electrons. The van der Waals surface area contributed by atoms with Crippen LogP contribution in [0.2, 0.25) is 0 Å². The molecule has 0 amide bonds. The molecule has 2 aromatic rings. The van der Waals surface area contributed by atoms with Gasteiger partial charge in [-0.15, -0.1) is 0 Å². The molecule has 0 spiro atoms. The van der Waals surface area contributed by atoms with Crippen LogP contribution in [0.25, 0.3) is 11.1 Å². The summed E-state index contributed by atoms with van der Waals surface area (Å²) >= 11 is 0. The molecule has 0 saturated heterocycles. The minimum absolute atomic E-state index is 0.267. The third kappa shape index (κ3) is 3.17. The molecule has 1 aromatic carbocycles. The van der Waals surface area contributed by atoms with Crippen LogP contribution in [0.15, 0.2) is 48.8 Å². The Labute approximate surface area is 119 Å². The lowest BCUT2D eigenvalue weighted by Gasteiger charge is -2.27. The lowest BCUT2D eigenvalue weighted by Crippen LogP contribution is -2.33. The zero-order chi connectivity index (χ0) is 13.8. The molecule has 3 heteroatoms. The van der Waals surface area contributed by atoms with Crippen LogP contribution < -0.4 is 10.5 Å². The van der Waals surface area contributed by atoms with Gasteiger partial charge < -0.3 is 10.5 Å². The first-order chi connectivity index (χ1) is 9.81. The first-order valence-electron chi connectivity index (χ1n) is 7.24. The maximum atomic E-state index is 6.02. The fourth-order valence-corrected chi connectivity index (χ4v) is 2.74. The minimum Gasteiger partial charge on any atom is -0.490 e. The van der Waals surface area contributed by atoms with Crippen molar-refractivity contribution in [2.24, 2.45) is 5.73 Å². The minimum atomic E-state index is 0.267. The Bertz CT molecular complexity index is 539. The van der Waals surface area contributed by atoms with Crippen molar-refractivity contribution in [1.29, 1.82) is 0 Å². The number of aromatic nitrogens is 1. The quantitative estimate of drug-likeness (QED) is 0.928. The number of hydrogen-bond acceptors (Lipinski definition) is 3. The maximum Gasteiger partial charge on any atom is 0.119 e. The van der Waals surface area contributed by atoms with Gasteiger partial charge in [-0.05, 0) is 55.0 Å². The number of rotatable bonds is 3. The third-order valence-corrected chi connectivity index (χ3v) is 3.82. The summed E-state index contributed by atoms with van der Waals surface area (Å²) in [7, 11) is 0. The van der Waals surface area contributed by atoms with Crippen LogP contribution in [0.1, 0.15) is 25.7 Å². The summed E-state index contributed by atoms with van der Waals surface area (Å²) in [5.41, 5.74) is 8.27. The van der Waals surface area contributed by atoms with Crippen LogP contribution in [0.4, 0.5) is 0 Å². The van der Waals surface area contributed by atoms with E-state index in [0.29, 0.717) is 6.04 Å². The van der Waals surface area contributed by atoms with Crippen molar-refractivity contribution in [3.63, 3.8) is 0 Å². The van der Waals surface area contributed by atoms with E-state index in [2.05, 4.69) is 23.2 Å². The van der Waals surface area contributed by atoms with Gasteiger partial charge in [0.1, 0.15) is 11.9 Å². The first-order valence-corrected chi connectivity index (χ1v) is 7.24. The van der Waals surface area contributed by atoms with Gasteiger partial charge in [-0.1, -0.05) is 18.2 Å². The van der Waals surface area contributed by atoms with Crippen LogP contribution in [0.3, 0.4) is 0 Å². The van der Waals surface area contributed by atoms with Gasteiger partial charge in [0.2, 0.25) is 0 Å². The molecule has 3 rings (SSSR count). The Morgan fingerprint density at radius 3 is 2.60 bits per heavy atom. The predicted octanol–water partition coefficient (Wildman–Crippen LogP) is 3.40. The van der Waals surface area contributed by atoms with Crippen molar-refractivity contribution >= 4 is 0 Å². The van der Waals surface area contributed by atoms with E-state index in [1.54, 1.807) is 6.20 Å². The first kappa shape index (κ1) is 13.1. The Morgan fingerprint density at radius 1 is 1.05 bits per heavy atom. The second-order valence-corrected chi connectivity index (χ2v) is 5.43. The van der Waals surface area contributed by atoms with E-state index in [0.717, 1.165) is 36.1 Å². The Kier molecular flexibility index (Phi) is 3.97. The van der Waals surface area contributed by atoms with E-state index < -0.39 is 0 Å². The molecule has 0 radical (unpaired) electrons. The molecular formula is C17H20N2O. The molecule has 1 fully saturated rings. The van der Waals surface area contributed by atoms with Crippen LogP contribution in [-0.2, 0) is 0 Å². The summed E-state index contributed by atoms with van der Waals surface area (Å²) in [4.78, 5) is 4.14. The SMILES string of the molecule is NC1CCCC(Oc2ccc(-c3cccnc3)cc2)C1. The molecule has 1 heterocycles. The second-order valence-electron chi connectivity index (χ2n) is 5.43. The van der Waals surface area contributed by atoms with Gasteiger partial charge in [0.15, 0.2) is 0 Å². The van der Waals surface area contributed by atoms with Gasteiger partial charge in [0.05, 0.1) is 0 Å². The summed E-state index contributed by atoms with van der Waals surface area (Å²) in [5, 5.41) is 0. The van der Waals surface area contributed by atoms with Crippen molar-refractivity contribution < 1.29 is 4.74 Å². The van der Waals surface area contributed by atoms with E-state index in [1.165, 1.54) is 6.42 Å². The van der Waals surface area contributed by atoms with Crippen LogP contribution in [0.5, 0.6) is 5.75 Å². The number of nitrogens with two attached hydrogens (primary N) is 1. The standard InChI is InChI=1S/C17H20N2O/c18-15-4-1-5-17(11-15)20-16-8-6-13(7-9-16)14-3-2-10-19-12-14/h2-3,6-10,12,15,17H,1,4-5,11,18H2. The molecule has 2 N–H and O–H groups in total. The summed E-state index contributed by atoms with van der Waals surface area (Å²) in [6.45, 7) is 0. The lowest BCUT2D eigenvalue weighted by atomic mass is 9.93. The predicted molar refractivity (Wildman–Crippen MR) is 80.5 cm³/mol. The van der Waals surface area contributed by atoms with Gasteiger partial charge in [-0.2, -0.15) is 0 Å². The van der Waals surface area contributed by atoms with Gasteiger partial charge in [-0.25, -0.2) is 0 Å². The smallest absolute Gasteiger partial charge is 0.119 e. The fraction of sp³-hybridized carbons (Fsp3) is 0.353. The summed E-state index contributed by atoms with van der Waals surface area (Å²) in [5.74, 6) is 0.928. The monoisotopic (exact) mass is 268 g/mol. The normalized spacial score (nSPS) is 22.4. The van der Waals surface area contributed by atoms with E-state index in [1.807, 2.05) is 24.4 Å². The molecule has 2 unspecified atom stereocenters. The molecule has 1 aliphatic carbocycles. The van der Waals surface area contributed by atoms with Gasteiger partial charge >= 0.3 is 0 Å². The highest BCUT2D eigenvalue weighted by Gasteiger charge is 2.20. The number of hydrogen-bond donors (Lipinski definition) is 1. The average molecular weight is 268 g/mol. The van der Waals surface area contributed by atoms with E-state index in [9.17, 15) is 0 Å². The van der Waals surface area contributed by atoms with E-state index >= 15 is 0 Å². The highest BCUT2D eigenvalue weighted by atomic mass is 16.5. The molecule has 1 aromatic heterocycles. The average Bonchev–Trinajstić information content (AvgIpc) is 2.49. The summed E-state index contributed by atoms with van der Waals surface area (Å²) in [6, 6.07) is 12.5. The van der Waals surface area contributed by atoms with Crippen molar-refractivity contribution in [1.82, 2.24) is 4.98 Å². The Balaban J connectivity index is 1.67. The Hall–Kier alpha value is -1.87. The van der Waals surface area contributed by atoms with Crippen molar-refractivity contribution in [2.75, 3.05) is 0 Å². The van der Waals surface area contributed by atoms with E-state index in [4.69, 9.17) is 10.5 Å². The van der Waals surface area contributed by atoms with Gasteiger partial charge in [0, 0.05) is 18.4 Å². The topological polar surface area (TPSA) is 48.1 Å². The third-order valence-electron chi connectivity index (χ3n) is 3.82. The molecule has 3 nitrogen and oxygen atoms in total. The number of ether oxygens (including phenoxy) is 1.